The summed E-state index contributed by atoms with van der Waals surface area (Å²) in [5, 5.41) is 2.44. The minimum Gasteiger partial charge on any atom is -0.468 e. The zero-order chi connectivity index (χ0) is 16.2. The quantitative estimate of drug-likeness (QED) is 0.836. The van der Waals surface area contributed by atoms with Crippen LogP contribution in [-0.2, 0) is 14.3 Å². The fraction of sp³-hybridized carbons (Fsp3) is 0.429. The molecule has 21 heavy (non-hydrogen) atoms. The third-order valence-corrected chi connectivity index (χ3v) is 2.44. The summed E-state index contributed by atoms with van der Waals surface area (Å²) in [5.41, 5.74) is 5.29. The maximum Gasteiger partial charge on any atom is 0.412 e. The van der Waals surface area contributed by atoms with Crippen LogP contribution < -0.4 is 11.1 Å². The van der Waals surface area contributed by atoms with Crippen molar-refractivity contribution in [2.24, 2.45) is 5.73 Å². The minimum atomic E-state index is -1.21. The van der Waals surface area contributed by atoms with Crippen LogP contribution in [0.15, 0.2) is 18.2 Å². The van der Waals surface area contributed by atoms with Gasteiger partial charge in [-0.05, 0) is 39.0 Å². The molecule has 0 aliphatic heterocycles. The second-order valence-electron chi connectivity index (χ2n) is 5.36. The Labute approximate surface area is 122 Å². The molecule has 0 bridgehead atoms. The van der Waals surface area contributed by atoms with Gasteiger partial charge in [-0.25, -0.2) is 9.18 Å². The summed E-state index contributed by atoms with van der Waals surface area (Å²) in [6.45, 7) is 5.12. The highest BCUT2D eigenvalue weighted by molar-refractivity contribution is 5.88. The lowest BCUT2D eigenvalue weighted by Gasteiger charge is -2.21. The second-order valence-corrected chi connectivity index (χ2v) is 5.36. The fourth-order valence-corrected chi connectivity index (χ4v) is 1.57. The van der Waals surface area contributed by atoms with Gasteiger partial charge in [0.15, 0.2) is 0 Å². The van der Waals surface area contributed by atoms with Crippen molar-refractivity contribution in [2.75, 3.05) is 12.4 Å². The Balaban J connectivity index is 3.02. The van der Waals surface area contributed by atoms with Crippen LogP contribution in [0.3, 0.4) is 0 Å². The molecule has 0 aliphatic carbocycles. The molecule has 7 heteroatoms. The lowest BCUT2D eigenvalue weighted by atomic mass is 10.1. The van der Waals surface area contributed by atoms with Gasteiger partial charge in [0.25, 0.3) is 0 Å². The Bertz CT molecular complexity index is 540. The first-order valence-corrected chi connectivity index (χ1v) is 6.27. The number of ether oxygens (including phenoxy) is 2. The molecule has 1 amide bonds. The van der Waals surface area contributed by atoms with Gasteiger partial charge in [-0.1, -0.05) is 0 Å². The summed E-state index contributed by atoms with van der Waals surface area (Å²) >= 11 is 0. The number of halogens is 1. The maximum absolute atomic E-state index is 13.3. The standard InChI is InChI=1S/C14H19FN2O4/c1-14(2,3)21-13(19)17-10-6-5-8(15)7-9(10)11(16)12(18)20-4/h5-7,11H,16H2,1-4H3,(H,17,19). The number of hydrogen-bond acceptors (Lipinski definition) is 5. The van der Waals surface area contributed by atoms with E-state index in [0.29, 0.717) is 0 Å². The van der Waals surface area contributed by atoms with Crippen LogP contribution in [-0.4, -0.2) is 24.8 Å². The van der Waals surface area contributed by atoms with Crippen molar-refractivity contribution in [3.63, 3.8) is 0 Å². The smallest absolute Gasteiger partial charge is 0.412 e. The van der Waals surface area contributed by atoms with Gasteiger partial charge in [0, 0.05) is 11.3 Å². The molecule has 1 rings (SSSR count). The van der Waals surface area contributed by atoms with Crippen molar-refractivity contribution in [1.82, 2.24) is 0 Å². The SMILES string of the molecule is COC(=O)C(N)c1cc(F)ccc1NC(=O)OC(C)(C)C. The van der Waals surface area contributed by atoms with Crippen LogP contribution >= 0.6 is 0 Å². The molecule has 0 fully saturated rings. The lowest BCUT2D eigenvalue weighted by molar-refractivity contribution is -0.142. The monoisotopic (exact) mass is 298 g/mol. The Morgan fingerprint density at radius 2 is 1.95 bits per heavy atom. The van der Waals surface area contributed by atoms with E-state index in [1.165, 1.54) is 13.2 Å². The average molecular weight is 298 g/mol. The maximum atomic E-state index is 13.3. The molecule has 3 N–H and O–H groups in total. The Morgan fingerprint density at radius 3 is 2.48 bits per heavy atom. The largest absolute Gasteiger partial charge is 0.468 e. The molecule has 1 aromatic carbocycles. The lowest BCUT2D eigenvalue weighted by Crippen LogP contribution is -2.29. The Hall–Kier alpha value is -2.15. The van der Waals surface area contributed by atoms with Crippen LogP contribution in [0, 0.1) is 5.82 Å². The molecule has 1 atom stereocenters. The van der Waals surface area contributed by atoms with Crippen LogP contribution in [0.4, 0.5) is 14.9 Å². The van der Waals surface area contributed by atoms with Gasteiger partial charge >= 0.3 is 12.1 Å². The number of esters is 1. The number of amides is 1. The zero-order valence-corrected chi connectivity index (χ0v) is 12.4. The molecule has 0 saturated carbocycles. The third-order valence-electron chi connectivity index (χ3n) is 2.44. The van der Waals surface area contributed by atoms with Crippen molar-refractivity contribution in [3.8, 4) is 0 Å². The fourth-order valence-electron chi connectivity index (χ4n) is 1.57. The average Bonchev–Trinajstić information content (AvgIpc) is 2.36. The van der Waals surface area contributed by atoms with Crippen molar-refractivity contribution >= 4 is 17.7 Å². The van der Waals surface area contributed by atoms with Gasteiger partial charge in [-0.3, -0.25) is 10.1 Å². The molecular weight excluding hydrogens is 279 g/mol. The van der Waals surface area contributed by atoms with E-state index in [0.717, 1.165) is 12.1 Å². The number of anilines is 1. The van der Waals surface area contributed by atoms with E-state index in [2.05, 4.69) is 10.1 Å². The summed E-state index contributed by atoms with van der Waals surface area (Å²) in [4.78, 5) is 23.2. The first-order chi connectivity index (χ1) is 9.64. The Kier molecular flexibility index (Phi) is 5.26. The predicted molar refractivity (Wildman–Crippen MR) is 75.2 cm³/mol. The van der Waals surface area contributed by atoms with E-state index >= 15 is 0 Å². The van der Waals surface area contributed by atoms with E-state index in [4.69, 9.17) is 10.5 Å². The van der Waals surface area contributed by atoms with Crippen molar-refractivity contribution < 1.29 is 23.5 Å². The van der Waals surface area contributed by atoms with E-state index in [1.807, 2.05) is 0 Å². The number of methoxy groups -OCH3 is 1. The molecular formula is C14H19FN2O4. The minimum absolute atomic E-state index is 0.104. The van der Waals surface area contributed by atoms with Gasteiger partial charge in [0.1, 0.15) is 17.5 Å². The normalized spacial score (nSPS) is 12.5. The van der Waals surface area contributed by atoms with Gasteiger partial charge in [0.2, 0.25) is 0 Å². The highest BCUT2D eigenvalue weighted by Crippen LogP contribution is 2.24. The van der Waals surface area contributed by atoms with Crippen molar-refractivity contribution in [3.05, 3.63) is 29.6 Å². The van der Waals surface area contributed by atoms with Crippen LogP contribution in [0.1, 0.15) is 32.4 Å². The number of rotatable bonds is 3. The zero-order valence-electron chi connectivity index (χ0n) is 12.4. The molecule has 116 valence electrons. The first-order valence-electron chi connectivity index (χ1n) is 6.27. The first kappa shape index (κ1) is 16.9. The third kappa shape index (κ3) is 5.03. The van der Waals surface area contributed by atoms with Crippen LogP contribution in [0.2, 0.25) is 0 Å². The number of nitrogens with one attached hydrogen (secondary N) is 1. The van der Waals surface area contributed by atoms with Gasteiger partial charge in [0.05, 0.1) is 7.11 Å². The summed E-state index contributed by atoms with van der Waals surface area (Å²) in [6.07, 6.45) is -0.729. The molecule has 6 nitrogen and oxygen atoms in total. The molecule has 0 aliphatic rings. The van der Waals surface area contributed by atoms with Gasteiger partial charge in [-0.15, -0.1) is 0 Å². The van der Waals surface area contributed by atoms with Gasteiger partial charge < -0.3 is 15.2 Å². The molecule has 0 spiro atoms. The van der Waals surface area contributed by atoms with E-state index < -0.39 is 29.5 Å². The number of carbonyl (C=O) groups excluding carboxylic acids is 2. The second kappa shape index (κ2) is 6.53. The molecule has 0 saturated heterocycles. The summed E-state index contributed by atoms with van der Waals surface area (Å²) in [7, 11) is 1.17. The molecule has 0 radical (unpaired) electrons. The topological polar surface area (TPSA) is 90.6 Å². The Morgan fingerprint density at radius 1 is 1.33 bits per heavy atom. The van der Waals surface area contributed by atoms with E-state index in [-0.39, 0.29) is 11.3 Å². The molecule has 0 aromatic heterocycles. The van der Waals surface area contributed by atoms with E-state index in [1.54, 1.807) is 20.8 Å². The predicted octanol–water partition coefficient (Wildman–Crippen LogP) is 2.35. The highest BCUT2D eigenvalue weighted by Gasteiger charge is 2.23. The van der Waals surface area contributed by atoms with Crippen LogP contribution in [0.5, 0.6) is 0 Å². The van der Waals surface area contributed by atoms with Crippen molar-refractivity contribution in [2.45, 2.75) is 32.4 Å². The highest BCUT2D eigenvalue weighted by atomic mass is 19.1. The van der Waals surface area contributed by atoms with Gasteiger partial charge in [-0.2, -0.15) is 0 Å². The summed E-state index contributed by atoms with van der Waals surface area (Å²) < 4.78 is 22.9. The number of benzene rings is 1. The number of carbonyl (C=O) groups is 2. The van der Waals surface area contributed by atoms with Crippen molar-refractivity contribution in [1.29, 1.82) is 0 Å². The van der Waals surface area contributed by atoms with Crippen LogP contribution in [0.25, 0.3) is 0 Å². The van der Waals surface area contributed by atoms with E-state index in [9.17, 15) is 14.0 Å². The summed E-state index contributed by atoms with van der Waals surface area (Å²) in [5.74, 6) is -1.33. The molecule has 0 heterocycles. The number of nitrogens with two attached hydrogens (primary N) is 1. The summed E-state index contributed by atoms with van der Waals surface area (Å²) in [6, 6.07) is 2.29. The number of hydrogen-bond donors (Lipinski definition) is 2. The molecule has 1 aromatic rings. The molecule has 1 unspecified atom stereocenters.